The van der Waals surface area contributed by atoms with Crippen LogP contribution in [-0.4, -0.2) is 0 Å². The van der Waals surface area contributed by atoms with Crippen molar-refractivity contribution >= 4 is 82.5 Å². The Balaban J connectivity index is 1.25. The van der Waals surface area contributed by atoms with Crippen LogP contribution in [0.15, 0.2) is 197 Å². The van der Waals surface area contributed by atoms with Gasteiger partial charge in [-0.25, -0.2) is 0 Å². The molecule has 3 nitrogen and oxygen atoms in total. The molecule has 248 valence electrons. The number of furan rings is 2. The van der Waals surface area contributed by atoms with E-state index in [9.17, 15) is 0 Å². The van der Waals surface area contributed by atoms with Crippen LogP contribution in [0, 0.1) is 0 Å². The van der Waals surface area contributed by atoms with Crippen molar-refractivity contribution in [2.24, 2.45) is 0 Å². The molecule has 9 aromatic carbocycles. The fourth-order valence-electron chi connectivity index (χ4n) is 8.27. The predicted octanol–water partition coefficient (Wildman–Crippen LogP) is 14.6. The number of nitrogens with zero attached hydrogens (tertiary/aromatic N) is 1. The number of anilines is 3. The van der Waals surface area contributed by atoms with Crippen LogP contribution < -0.4 is 4.90 Å². The summed E-state index contributed by atoms with van der Waals surface area (Å²) < 4.78 is 13.6. The Kier molecular flexibility index (Phi) is 6.55. The largest absolute Gasteiger partial charge is 0.455 e. The minimum atomic E-state index is 0.832. The van der Waals surface area contributed by atoms with Gasteiger partial charge in [0.25, 0.3) is 0 Å². The number of rotatable bonds is 5. The number of fused-ring (bicyclic) bond motifs is 9. The predicted molar refractivity (Wildman–Crippen MR) is 222 cm³/mol. The molecule has 11 rings (SSSR count). The Bertz CT molecular complexity index is 3180. The number of benzene rings is 9. The van der Waals surface area contributed by atoms with E-state index in [1.165, 1.54) is 21.9 Å². The van der Waals surface area contributed by atoms with Gasteiger partial charge in [0.05, 0.1) is 16.8 Å². The summed E-state index contributed by atoms with van der Waals surface area (Å²) in [6.45, 7) is 0. The Hall–Kier alpha value is -7.10. The molecule has 0 N–H and O–H groups in total. The third-order valence-corrected chi connectivity index (χ3v) is 10.6. The minimum absolute atomic E-state index is 0.832. The maximum absolute atomic E-state index is 6.89. The van der Waals surface area contributed by atoms with Crippen molar-refractivity contribution in [3.8, 4) is 22.3 Å². The van der Waals surface area contributed by atoms with Crippen molar-refractivity contribution in [1.29, 1.82) is 0 Å². The number of hydrogen-bond donors (Lipinski definition) is 0. The molecule has 0 amide bonds. The highest BCUT2D eigenvalue weighted by molar-refractivity contribution is 6.24. The van der Waals surface area contributed by atoms with Crippen LogP contribution in [0.25, 0.3) is 87.7 Å². The monoisotopic (exact) mass is 677 g/mol. The first kappa shape index (κ1) is 29.6. The Morgan fingerprint density at radius 1 is 0.340 bits per heavy atom. The molecular formula is C50H31NO2. The van der Waals surface area contributed by atoms with E-state index in [0.29, 0.717) is 0 Å². The van der Waals surface area contributed by atoms with Gasteiger partial charge in [-0.1, -0.05) is 146 Å². The van der Waals surface area contributed by atoms with E-state index in [0.717, 1.165) is 82.8 Å². The summed E-state index contributed by atoms with van der Waals surface area (Å²) in [5.41, 5.74) is 11.1. The molecule has 0 aliphatic carbocycles. The summed E-state index contributed by atoms with van der Waals surface area (Å²) >= 11 is 0. The summed E-state index contributed by atoms with van der Waals surface area (Å²) in [7, 11) is 0. The first-order valence-corrected chi connectivity index (χ1v) is 18.0. The molecule has 2 aromatic heterocycles. The molecule has 0 atom stereocenters. The average molecular weight is 678 g/mol. The third kappa shape index (κ3) is 4.61. The molecule has 0 radical (unpaired) electrons. The lowest BCUT2D eigenvalue weighted by molar-refractivity contribution is 0.669. The van der Waals surface area contributed by atoms with Crippen LogP contribution in [0.3, 0.4) is 0 Å². The van der Waals surface area contributed by atoms with Crippen molar-refractivity contribution in [2.75, 3.05) is 4.90 Å². The SMILES string of the molecule is c1ccc(-c2cccc(N(c3cccc4c3oc3ccccc34)c3cccc4oc5c6ccccc6c(-c6cccc7ccccc67)cc5c34)c2)cc1. The van der Waals surface area contributed by atoms with E-state index < -0.39 is 0 Å². The van der Waals surface area contributed by atoms with Crippen molar-refractivity contribution in [2.45, 2.75) is 0 Å². The standard InChI is InChI=1S/C50H31NO2/c1-2-14-32(15-3-1)34-18-10-19-35(30-34)51(45-27-12-25-41-39-22-8-9-28-46(39)52-50(41)45)44-26-13-29-47-48(44)43-31-42(38-21-6-7-23-40(38)49(43)53-47)37-24-11-17-33-16-4-5-20-36(33)37/h1-31H. The average Bonchev–Trinajstić information content (AvgIpc) is 3.81. The molecule has 0 aliphatic rings. The molecule has 0 aliphatic heterocycles. The van der Waals surface area contributed by atoms with E-state index in [4.69, 9.17) is 8.83 Å². The second-order valence-corrected chi connectivity index (χ2v) is 13.6. The lowest BCUT2D eigenvalue weighted by Crippen LogP contribution is -2.10. The highest BCUT2D eigenvalue weighted by Crippen LogP contribution is 2.49. The minimum Gasteiger partial charge on any atom is -0.455 e. The fourth-order valence-corrected chi connectivity index (χ4v) is 8.27. The van der Waals surface area contributed by atoms with Crippen molar-refractivity contribution in [1.82, 2.24) is 0 Å². The molecule has 11 aromatic rings. The van der Waals surface area contributed by atoms with E-state index in [1.54, 1.807) is 0 Å². The summed E-state index contributed by atoms with van der Waals surface area (Å²) in [6, 6.07) is 66.6. The molecule has 0 bridgehead atoms. The van der Waals surface area contributed by atoms with Crippen LogP contribution in [-0.2, 0) is 0 Å². The van der Waals surface area contributed by atoms with Crippen LogP contribution >= 0.6 is 0 Å². The van der Waals surface area contributed by atoms with Crippen LogP contribution in [0.4, 0.5) is 17.1 Å². The zero-order chi connectivity index (χ0) is 34.9. The molecular weight excluding hydrogens is 647 g/mol. The second kappa shape index (κ2) is 11.7. The molecule has 0 fully saturated rings. The van der Waals surface area contributed by atoms with Gasteiger partial charge in [0.2, 0.25) is 0 Å². The molecule has 2 heterocycles. The maximum Gasteiger partial charge on any atom is 0.159 e. The maximum atomic E-state index is 6.89. The molecule has 0 spiro atoms. The molecule has 0 unspecified atom stereocenters. The van der Waals surface area contributed by atoms with Gasteiger partial charge < -0.3 is 13.7 Å². The summed E-state index contributed by atoms with van der Waals surface area (Å²) in [4.78, 5) is 2.35. The normalized spacial score (nSPS) is 11.8. The quantitative estimate of drug-likeness (QED) is 0.182. The van der Waals surface area contributed by atoms with Gasteiger partial charge in [-0.2, -0.15) is 0 Å². The zero-order valence-corrected chi connectivity index (χ0v) is 28.7. The summed E-state index contributed by atoms with van der Waals surface area (Å²) in [6.07, 6.45) is 0. The number of para-hydroxylation sites is 2. The van der Waals surface area contributed by atoms with E-state index in [-0.39, 0.29) is 0 Å². The Labute approximate surface area is 305 Å². The topological polar surface area (TPSA) is 29.5 Å². The van der Waals surface area contributed by atoms with Gasteiger partial charge in [-0.05, 0) is 80.9 Å². The van der Waals surface area contributed by atoms with Gasteiger partial charge in [-0.15, -0.1) is 0 Å². The smallest absolute Gasteiger partial charge is 0.159 e. The second-order valence-electron chi connectivity index (χ2n) is 13.6. The molecule has 0 saturated carbocycles. The van der Waals surface area contributed by atoms with Crippen molar-refractivity contribution < 1.29 is 8.83 Å². The molecule has 0 saturated heterocycles. The van der Waals surface area contributed by atoms with Crippen molar-refractivity contribution in [3.63, 3.8) is 0 Å². The lowest BCUT2D eigenvalue weighted by Gasteiger charge is -2.27. The van der Waals surface area contributed by atoms with Crippen LogP contribution in [0.5, 0.6) is 0 Å². The van der Waals surface area contributed by atoms with Crippen LogP contribution in [0.1, 0.15) is 0 Å². The highest BCUT2D eigenvalue weighted by atomic mass is 16.3. The summed E-state index contributed by atoms with van der Waals surface area (Å²) in [5, 5.41) is 8.99. The molecule has 3 heteroatoms. The van der Waals surface area contributed by atoms with E-state index >= 15 is 0 Å². The van der Waals surface area contributed by atoms with Crippen molar-refractivity contribution in [3.05, 3.63) is 188 Å². The highest BCUT2D eigenvalue weighted by Gasteiger charge is 2.25. The zero-order valence-electron chi connectivity index (χ0n) is 28.7. The first-order chi connectivity index (χ1) is 26.3. The van der Waals surface area contributed by atoms with Gasteiger partial charge in [0.15, 0.2) is 5.58 Å². The van der Waals surface area contributed by atoms with E-state index in [2.05, 4.69) is 181 Å². The van der Waals surface area contributed by atoms with Crippen LogP contribution in [0.2, 0.25) is 0 Å². The molecule has 53 heavy (non-hydrogen) atoms. The summed E-state index contributed by atoms with van der Waals surface area (Å²) in [5.74, 6) is 0. The van der Waals surface area contributed by atoms with Gasteiger partial charge in [0, 0.05) is 27.2 Å². The first-order valence-electron chi connectivity index (χ1n) is 18.0. The fraction of sp³-hybridized carbons (Fsp3) is 0. The third-order valence-electron chi connectivity index (χ3n) is 10.6. The Morgan fingerprint density at radius 3 is 1.85 bits per heavy atom. The van der Waals surface area contributed by atoms with Gasteiger partial charge >= 0.3 is 0 Å². The van der Waals surface area contributed by atoms with E-state index in [1.807, 2.05) is 12.1 Å². The van der Waals surface area contributed by atoms with Gasteiger partial charge in [-0.3, -0.25) is 0 Å². The number of hydrogen-bond acceptors (Lipinski definition) is 3. The Morgan fingerprint density at radius 2 is 0.943 bits per heavy atom. The lowest BCUT2D eigenvalue weighted by atomic mass is 9.92. The van der Waals surface area contributed by atoms with Gasteiger partial charge in [0.1, 0.15) is 16.7 Å².